The van der Waals surface area contributed by atoms with E-state index in [-0.39, 0.29) is 11.9 Å². The Morgan fingerprint density at radius 3 is 2.57 bits per heavy atom. The van der Waals surface area contributed by atoms with Crippen LogP contribution in [0.1, 0.15) is 45.7 Å². The first kappa shape index (κ1) is 17.9. The maximum atomic E-state index is 13.4. The normalized spacial score (nSPS) is 12.7. The molecule has 0 saturated carbocycles. The average molecular weight is 297 g/mol. The standard InChI is InChI=1S/C17H28FNO2/c1-5-19-14(4)16-7-6-15(18)12-17(16)21-11-10-20-9-8-13(2)3/h6-7,12-14,19H,5,8-11H2,1-4H3. The zero-order valence-corrected chi connectivity index (χ0v) is 13.6. The van der Waals surface area contributed by atoms with E-state index in [0.29, 0.717) is 24.9 Å². The van der Waals surface area contributed by atoms with Crippen LogP contribution in [0.3, 0.4) is 0 Å². The monoisotopic (exact) mass is 297 g/mol. The summed E-state index contributed by atoms with van der Waals surface area (Å²) in [7, 11) is 0. The molecule has 1 aromatic carbocycles. The van der Waals surface area contributed by atoms with Crippen LogP contribution in [0.4, 0.5) is 4.39 Å². The summed E-state index contributed by atoms with van der Waals surface area (Å²) < 4.78 is 24.6. The van der Waals surface area contributed by atoms with Crippen molar-refractivity contribution in [2.75, 3.05) is 26.4 Å². The van der Waals surface area contributed by atoms with Crippen molar-refractivity contribution in [2.45, 2.75) is 40.2 Å². The van der Waals surface area contributed by atoms with Gasteiger partial charge in [-0.25, -0.2) is 4.39 Å². The highest BCUT2D eigenvalue weighted by atomic mass is 19.1. The van der Waals surface area contributed by atoms with Crippen LogP contribution in [0.15, 0.2) is 18.2 Å². The molecular formula is C17H28FNO2. The van der Waals surface area contributed by atoms with Crippen LogP contribution in [0.5, 0.6) is 5.75 Å². The maximum Gasteiger partial charge on any atom is 0.127 e. The van der Waals surface area contributed by atoms with Crippen molar-refractivity contribution in [3.8, 4) is 5.75 Å². The van der Waals surface area contributed by atoms with Crippen LogP contribution >= 0.6 is 0 Å². The first-order chi connectivity index (χ1) is 10.0. The van der Waals surface area contributed by atoms with Gasteiger partial charge in [0.1, 0.15) is 18.2 Å². The largest absolute Gasteiger partial charge is 0.491 e. The Kier molecular flexibility index (Phi) is 8.31. The van der Waals surface area contributed by atoms with E-state index in [1.165, 1.54) is 12.1 Å². The van der Waals surface area contributed by atoms with Crippen molar-refractivity contribution in [3.05, 3.63) is 29.6 Å². The van der Waals surface area contributed by atoms with Gasteiger partial charge in [-0.1, -0.05) is 26.8 Å². The van der Waals surface area contributed by atoms with Crippen molar-refractivity contribution in [1.82, 2.24) is 5.32 Å². The highest BCUT2D eigenvalue weighted by molar-refractivity contribution is 5.36. The minimum atomic E-state index is -0.279. The molecule has 4 heteroatoms. The third-order valence-electron chi connectivity index (χ3n) is 3.28. The highest BCUT2D eigenvalue weighted by Gasteiger charge is 2.11. The molecule has 120 valence electrons. The molecule has 0 heterocycles. The lowest BCUT2D eigenvalue weighted by molar-refractivity contribution is 0.0920. The van der Waals surface area contributed by atoms with E-state index in [1.54, 1.807) is 6.07 Å². The number of hydrogen-bond acceptors (Lipinski definition) is 3. The molecule has 0 bridgehead atoms. The molecule has 0 radical (unpaired) electrons. The van der Waals surface area contributed by atoms with Crippen molar-refractivity contribution in [3.63, 3.8) is 0 Å². The Morgan fingerprint density at radius 2 is 1.90 bits per heavy atom. The summed E-state index contributed by atoms with van der Waals surface area (Å²) in [6.45, 7) is 11.0. The van der Waals surface area contributed by atoms with Gasteiger partial charge in [-0.15, -0.1) is 0 Å². The zero-order valence-electron chi connectivity index (χ0n) is 13.6. The topological polar surface area (TPSA) is 30.5 Å². The molecule has 1 N–H and O–H groups in total. The summed E-state index contributed by atoms with van der Waals surface area (Å²) in [5.74, 6) is 0.954. The summed E-state index contributed by atoms with van der Waals surface area (Å²) in [5.41, 5.74) is 0.973. The molecule has 0 spiro atoms. The SMILES string of the molecule is CCNC(C)c1ccc(F)cc1OCCOCCC(C)C. The smallest absolute Gasteiger partial charge is 0.127 e. The predicted octanol–water partition coefficient (Wildman–Crippen LogP) is 3.94. The number of halogens is 1. The van der Waals surface area contributed by atoms with Crippen molar-refractivity contribution >= 4 is 0 Å². The second-order valence-corrected chi connectivity index (χ2v) is 5.60. The number of nitrogens with one attached hydrogen (secondary N) is 1. The van der Waals surface area contributed by atoms with E-state index < -0.39 is 0 Å². The minimum absolute atomic E-state index is 0.132. The third kappa shape index (κ3) is 6.91. The van der Waals surface area contributed by atoms with Gasteiger partial charge in [-0.2, -0.15) is 0 Å². The Morgan fingerprint density at radius 1 is 1.14 bits per heavy atom. The molecule has 1 unspecified atom stereocenters. The summed E-state index contributed by atoms with van der Waals surface area (Å²) >= 11 is 0. The molecule has 1 atom stereocenters. The third-order valence-corrected chi connectivity index (χ3v) is 3.28. The van der Waals surface area contributed by atoms with Gasteiger partial charge in [-0.3, -0.25) is 0 Å². The molecule has 0 aliphatic carbocycles. The van der Waals surface area contributed by atoms with Crippen molar-refractivity contribution in [1.29, 1.82) is 0 Å². The van der Waals surface area contributed by atoms with E-state index in [1.807, 2.05) is 13.8 Å². The van der Waals surface area contributed by atoms with E-state index >= 15 is 0 Å². The van der Waals surface area contributed by atoms with Crippen LogP contribution in [0.25, 0.3) is 0 Å². The first-order valence-electron chi connectivity index (χ1n) is 7.78. The quantitative estimate of drug-likeness (QED) is 0.664. The van der Waals surface area contributed by atoms with Gasteiger partial charge in [0, 0.05) is 24.3 Å². The van der Waals surface area contributed by atoms with E-state index in [0.717, 1.165) is 25.1 Å². The maximum absolute atomic E-state index is 13.4. The molecule has 0 aromatic heterocycles. The van der Waals surface area contributed by atoms with Gasteiger partial charge >= 0.3 is 0 Å². The fourth-order valence-electron chi connectivity index (χ4n) is 2.04. The fraction of sp³-hybridized carbons (Fsp3) is 0.647. The van der Waals surface area contributed by atoms with Crippen LogP contribution in [0.2, 0.25) is 0 Å². The Hall–Kier alpha value is -1.13. The van der Waals surface area contributed by atoms with Crippen molar-refractivity contribution < 1.29 is 13.9 Å². The van der Waals surface area contributed by atoms with Gasteiger partial charge in [0.15, 0.2) is 0 Å². The number of hydrogen-bond donors (Lipinski definition) is 1. The molecular weight excluding hydrogens is 269 g/mol. The van der Waals surface area contributed by atoms with E-state index in [4.69, 9.17) is 9.47 Å². The molecule has 1 rings (SSSR count). The number of ether oxygens (including phenoxy) is 2. The van der Waals surface area contributed by atoms with Crippen molar-refractivity contribution in [2.24, 2.45) is 5.92 Å². The number of benzene rings is 1. The molecule has 3 nitrogen and oxygen atoms in total. The van der Waals surface area contributed by atoms with Crippen LogP contribution in [0, 0.1) is 11.7 Å². The van der Waals surface area contributed by atoms with E-state index in [2.05, 4.69) is 19.2 Å². The lowest BCUT2D eigenvalue weighted by Gasteiger charge is -2.18. The summed E-state index contributed by atoms with van der Waals surface area (Å²) in [5, 5.41) is 3.31. The second kappa shape index (κ2) is 9.74. The molecule has 0 aliphatic rings. The molecule has 0 fully saturated rings. The van der Waals surface area contributed by atoms with Crippen LogP contribution in [-0.2, 0) is 4.74 Å². The van der Waals surface area contributed by atoms with E-state index in [9.17, 15) is 4.39 Å². The molecule has 0 saturated heterocycles. The van der Waals surface area contributed by atoms with Gasteiger partial charge in [0.2, 0.25) is 0 Å². The van der Waals surface area contributed by atoms with Crippen LogP contribution < -0.4 is 10.1 Å². The predicted molar refractivity (Wildman–Crippen MR) is 84.3 cm³/mol. The van der Waals surface area contributed by atoms with Gasteiger partial charge < -0.3 is 14.8 Å². The van der Waals surface area contributed by atoms with Gasteiger partial charge in [0.05, 0.1) is 6.61 Å². The molecule has 21 heavy (non-hydrogen) atoms. The highest BCUT2D eigenvalue weighted by Crippen LogP contribution is 2.26. The van der Waals surface area contributed by atoms with Gasteiger partial charge in [-0.05, 0) is 31.9 Å². The average Bonchev–Trinajstić information content (AvgIpc) is 2.42. The van der Waals surface area contributed by atoms with Crippen LogP contribution in [-0.4, -0.2) is 26.4 Å². The second-order valence-electron chi connectivity index (χ2n) is 5.60. The lowest BCUT2D eigenvalue weighted by Crippen LogP contribution is -2.19. The number of rotatable bonds is 10. The fourth-order valence-corrected chi connectivity index (χ4v) is 2.04. The zero-order chi connectivity index (χ0) is 15.7. The first-order valence-corrected chi connectivity index (χ1v) is 7.78. The Labute approximate surface area is 127 Å². The summed E-state index contributed by atoms with van der Waals surface area (Å²) in [4.78, 5) is 0. The molecule has 0 aliphatic heterocycles. The molecule has 0 amide bonds. The summed E-state index contributed by atoms with van der Waals surface area (Å²) in [6, 6.07) is 4.82. The Balaban J connectivity index is 2.47. The van der Waals surface area contributed by atoms with Gasteiger partial charge in [0.25, 0.3) is 0 Å². The molecule has 1 aromatic rings. The summed E-state index contributed by atoms with van der Waals surface area (Å²) in [6.07, 6.45) is 1.04. The Bertz CT molecular complexity index is 410. The minimum Gasteiger partial charge on any atom is -0.491 e. The lowest BCUT2D eigenvalue weighted by atomic mass is 10.1.